The number of thioether (sulfide) groups is 1. The average molecular weight is 426 g/mol. The van der Waals surface area contributed by atoms with E-state index in [1.165, 1.54) is 11.8 Å². The number of ether oxygens (including phenoxy) is 1. The third-order valence-corrected chi connectivity index (χ3v) is 6.11. The first-order chi connectivity index (χ1) is 13.2. The molecule has 0 aliphatic carbocycles. The van der Waals surface area contributed by atoms with E-state index in [1.807, 2.05) is 0 Å². The predicted molar refractivity (Wildman–Crippen MR) is 110 cm³/mol. The van der Waals surface area contributed by atoms with Gasteiger partial charge in [-0.05, 0) is 24.5 Å². The molecule has 0 bridgehead atoms. The number of esters is 1. The Morgan fingerprint density at radius 1 is 1.11 bits per heavy atom. The van der Waals surface area contributed by atoms with Crippen LogP contribution >= 0.6 is 11.8 Å². The maximum atomic E-state index is 11.7. The van der Waals surface area contributed by atoms with Gasteiger partial charge in [-0.25, -0.2) is 0 Å². The van der Waals surface area contributed by atoms with E-state index in [0.29, 0.717) is 23.8 Å². The molecule has 0 aromatic carbocycles. The molecule has 0 rings (SSSR count). The predicted octanol–water partition coefficient (Wildman–Crippen LogP) is 0.0999. The van der Waals surface area contributed by atoms with Gasteiger partial charge in [0.05, 0.1) is 37.9 Å². The van der Waals surface area contributed by atoms with Crippen molar-refractivity contribution >= 4 is 17.7 Å². The first-order valence-corrected chi connectivity index (χ1v) is 11.1. The summed E-state index contributed by atoms with van der Waals surface area (Å²) in [6, 6.07) is 0. The minimum Gasteiger partial charge on any atom is -0.463 e. The van der Waals surface area contributed by atoms with Crippen LogP contribution in [-0.4, -0.2) is 87.3 Å². The highest BCUT2D eigenvalue weighted by atomic mass is 32.2. The monoisotopic (exact) mass is 425 g/mol. The summed E-state index contributed by atoms with van der Waals surface area (Å²) in [5, 5.41) is 50.5. The highest BCUT2D eigenvalue weighted by Crippen LogP contribution is 2.15. The number of carbonyl (C=O) groups is 1. The lowest BCUT2D eigenvalue weighted by molar-refractivity contribution is -0.146. The van der Waals surface area contributed by atoms with E-state index in [2.05, 4.69) is 19.2 Å². The Morgan fingerprint density at radius 2 is 1.71 bits per heavy atom. The van der Waals surface area contributed by atoms with Crippen molar-refractivity contribution in [2.45, 2.75) is 64.3 Å². The molecular weight excluding hydrogens is 386 g/mol. The van der Waals surface area contributed by atoms with Crippen molar-refractivity contribution < 1.29 is 35.1 Å². The second-order valence-electron chi connectivity index (χ2n) is 7.57. The van der Waals surface area contributed by atoms with E-state index in [4.69, 9.17) is 4.74 Å². The van der Waals surface area contributed by atoms with Crippen molar-refractivity contribution in [2.75, 3.05) is 37.9 Å². The topological polar surface area (TPSA) is 139 Å². The number of hydrogen-bond donors (Lipinski definition) is 6. The quantitative estimate of drug-likeness (QED) is 0.109. The van der Waals surface area contributed by atoms with E-state index in [1.54, 1.807) is 6.92 Å². The number of rotatable bonds is 17. The van der Waals surface area contributed by atoms with Crippen LogP contribution in [-0.2, 0) is 9.53 Å². The minimum absolute atomic E-state index is 0.0184. The number of aliphatic hydroxyl groups excluding tert-OH is 5. The zero-order valence-corrected chi connectivity index (χ0v) is 18.2. The van der Waals surface area contributed by atoms with E-state index < -0.39 is 37.7 Å². The fraction of sp³-hybridized carbons (Fsp3) is 0.947. The molecule has 0 amide bonds. The Hall–Kier alpha value is -0.420. The number of aliphatic hydroxyl groups is 5. The molecule has 4 unspecified atom stereocenters. The van der Waals surface area contributed by atoms with Crippen LogP contribution in [0.2, 0.25) is 0 Å². The van der Waals surface area contributed by atoms with Gasteiger partial charge >= 0.3 is 5.97 Å². The fourth-order valence-electron chi connectivity index (χ4n) is 2.28. The van der Waals surface area contributed by atoms with Crippen molar-refractivity contribution in [2.24, 2.45) is 11.8 Å². The first kappa shape index (κ1) is 27.6. The maximum Gasteiger partial charge on any atom is 0.306 e. The van der Waals surface area contributed by atoms with E-state index in [-0.39, 0.29) is 24.9 Å². The van der Waals surface area contributed by atoms with Gasteiger partial charge in [-0.3, -0.25) is 10.1 Å². The molecule has 0 aromatic heterocycles. The maximum absolute atomic E-state index is 11.7. The molecule has 6 N–H and O–H groups in total. The number of nitrogens with one attached hydrogen (secondary N) is 1. The second-order valence-corrected chi connectivity index (χ2v) is 8.72. The summed E-state index contributed by atoms with van der Waals surface area (Å²) in [5.41, 5.74) is -1.34. The summed E-state index contributed by atoms with van der Waals surface area (Å²) in [6.07, 6.45) is 1.16. The Morgan fingerprint density at radius 3 is 2.25 bits per heavy atom. The summed E-state index contributed by atoms with van der Waals surface area (Å²) in [4.78, 5) is 11.7. The van der Waals surface area contributed by atoms with Gasteiger partial charge in [0.15, 0.2) is 0 Å². The molecule has 0 heterocycles. The smallest absolute Gasteiger partial charge is 0.306 e. The van der Waals surface area contributed by atoms with E-state index in [0.717, 1.165) is 12.8 Å². The van der Waals surface area contributed by atoms with Crippen LogP contribution in [0.25, 0.3) is 0 Å². The van der Waals surface area contributed by atoms with Crippen LogP contribution in [0, 0.1) is 11.8 Å². The third-order valence-electron chi connectivity index (χ3n) is 4.86. The summed E-state index contributed by atoms with van der Waals surface area (Å²) in [6.45, 7) is 4.51. The van der Waals surface area contributed by atoms with Gasteiger partial charge in [-0.15, -0.1) is 0 Å². The van der Waals surface area contributed by atoms with Crippen LogP contribution in [0.15, 0.2) is 0 Å². The standard InChI is InChI=1S/C19H39NO7S/c1-4-14(2)5-6-16(24)9-27-17(25)7-8-28-10-15(3)18(26)20-19(11-21,12-22)13-23/h14-16,18,20-24,26H,4-13H2,1-3H3. The molecule has 0 spiro atoms. The lowest BCUT2D eigenvalue weighted by Gasteiger charge is -2.33. The molecule has 0 radical (unpaired) electrons. The molecule has 0 saturated carbocycles. The average Bonchev–Trinajstić information content (AvgIpc) is 2.71. The van der Waals surface area contributed by atoms with Crippen LogP contribution in [0.4, 0.5) is 0 Å². The van der Waals surface area contributed by atoms with Crippen LogP contribution in [0.3, 0.4) is 0 Å². The van der Waals surface area contributed by atoms with Gasteiger partial charge < -0.3 is 30.3 Å². The van der Waals surface area contributed by atoms with Crippen molar-refractivity contribution in [1.82, 2.24) is 5.32 Å². The minimum atomic E-state index is -1.34. The van der Waals surface area contributed by atoms with Gasteiger partial charge in [0.1, 0.15) is 12.8 Å². The Kier molecular flexibility index (Phi) is 15.2. The molecule has 8 nitrogen and oxygen atoms in total. The fourth-order valence-corrected chi connectivity index (χ4v) is 3.32. The van der Waals surface area contributed by atoms with Crippen molar-refractivity contribution in [1.29, 1.82) is 0 Å². The Balaban J connectivity index is 3.97. The lowest BCUT2D eigenvalue weighted by atomic mass is 10.0. The first-order valence-electron chi connectivity index (χ1n) is 9.93. The van der Waals surface area contributed by atoms with Gasteiger partial charge in [0.2, 0.25) is 0 Å². The van der Waals surface area contributed by atoms with E-state index >= 15 is 0 Å². The largest absolute Gasteiger partial charge is 0.463 e. The summed E-state index contributed by atoms with van der Waals surface area (Å²) in [7, 11) is 0. The molecule has 0 aromatic rings. The molecule has 9 heteroatoms. The Labute approximate surface area is 172 Å². The van der Waals surface area contributed by atoms with Gasteiger partial charge in [0.25, 0.3) is 0 Å². The van der Waals surface area contributed by atoms with Crippen LogP contribution in [0.5, 0.6) is 0 Å². The van der Waals surface area contributed by atoms with Gasteiger partial charge in [0, 0.05) is 11.7 Å². The molecule has 0 aliphatic rings. The van der Waals surface area contributed by atoms with Crippen molar-refractivity contribution in [3.8, 4) is 0 Å². The van der Waals surface area contributed by atoms with Crippen LogP contribution in [0.1, 0.15) is 46.5 Å². The van der Waals surface area contributed by atoms with E-state index in [9.17, 15) is 30.3 Å². The summed E-state index contributed by atoms with van der Waals surface area (Å²) < 4.78 is 5.09. The van der Waals surface area contributed by atoms with Gasteiger partial charge in [-0.2, -0.15) is 11.8 Å². The van der Waals surface area contributed by atoms with Crippen LogP contribution < -0.4 is 5.32 Å². The van der Waals surface area contributed by atoms with Crippen molar-refractivity contribution in [3.63, 3.8) is 0 Å². The van der Waals surface area contributed by atoms with Crippen molar-refractivity contribution in [3.05, 3.63) is 0 Å². The highest BCUT2D eigenvalue weighted by molar-refractivity contribution is 7.99. The Bertz CT molecular complexity index is 401. The summed E-state index contributed by atoms with van der Waals surface area (Å²) in [5.74, 6) is 1.01. The highest BCUT2D eigenvalue weighted by Gasteiger charge is 2.31. The third kappa shape index (κ3) is 11.5. The van der Waals surface area contributed by atoms with Gasteiger partial charge in [-0.1, -0.05) is 27.2 Å². The normalized spacial score (nSPS) is 16.4. The number of hydrogen-bond acceptors (Lipinski definition) is 9. The lowest BCUT2D eigenvalue weighted by Crippen LogP contribution is -2.59. The molecule has 0 fully saturated rings. The second kappa shape index (κ2) is 15.4. The molecule has 0 saturated heterocycles. The molecule has 0 aliphatic heterocycles. The number of carbonyl (C=O) groups excluding carboxylic acids is 1. The molecule has 4 atom stereocenters. The molecular formula is C19H39NO7S. The SMILES string of the molecule is CCC(C)CCC(O)COC(=O)CCSCC(C)C(O)NC(CO)(CO)CO. The zero-order chi connectivity index (χ0) is 21.6. The zero-order valence-electron chi connectivity index (χ0n) is 17.3. The molecule has 168 valence electrons. The molecule has 28 heavy (non-hydrogen) atoms. The summed E-state index contributed by atoms with van der Waals surface area (Å²) >= 11 is 1.47.